The van der Waals surface area contributed by atoms with Gasteiger partial charge in [-0.2, -0.15) is 0 Å². The minimum absolute atomic E-state index is 0.0558. The number of halogens is 1. The average molecular weight is 212 g/mol. The molecule has 0 heterocycles. The largest absolute Gasteiger partial charge is 0.384 e. The summed E-state index contributed by atoms with van der Waals surface area (Å²) in [6, 6.07) is 5.27. The third-order valence-corrected chi connectivity index (χ3v) is 2.07. The molecule has 3 nitrogen and oxygen atoms in total. The number of nitrogen functional groups attached to an aromatic ring is 1. The van der Waals surface area contributed by atoms with E-state index >= 15 is 0 Å². The molecule has 1 rings (SSSR count). The fourth-order valence-corrected chi connectivity index (χ4v) is 1.33. The molecule has 0 amide bonds. The van der Waals surface area contributed by atoms with Gasteiger partial charge >= 0.3 is 0 Å². The van der Waals surface area contributed by atoms with Gasteiger partial charge in [0.15, 0.2) is 0 Å². The van der Waals surface area contributed by atoms with Crippen LogP contribution in [-0.2, 0) is 0 Å². The van der Waals surface area contributed by atoms with Crippen molar-refractivity contribution in [2.24, 2.45) is 5.73 Å². The summed E-state index contributed by atoms with van der Waals surface area (Å²) < 4.78 is 0. The van der Waals surface area contributed by atoms with Crippen LogP contribution in [0.25, 0.3) is 0 Å². The third-order valence-electron chi connectivity index (χ3n) is 1.84. The standard InChI is InChI=1S/C10H14ClN3/c1-2-5-14-9-6-7(11)3-4-8(9)10(12)13/h3-4,6,14H,2,5H2,1H3,(H3,12,13). The second-order valence-electron chi connectivity index (χ2n) is 3.03. The van der Waals surface area contributed by atoms with Gasteiger partial charge in [-0.3, -0.25) is 5.41 Å². The molecule has 1 aromatic carbocycles. The topological polar surface area (TPSA) is 61.9 Å². The number of hydrogen-bond donors (Lipinski definition) is 3. The molecule has 0 unspecified atom stereocenters. The Morgan fingerprint density at radius 1 is 1.57 bits per heavy atom. The van der Waals surface area contributed by atoms with Gasteiger partial charge in [0.2, 0.25) is 0 Å². The van der Waals surface area contributed by atoms with Gasteiger partial charge in [0, 0.05) is 22.8 Å². The molecule has 0 atom stereocenters. The van der Waals surface area contributed by atoms with Crippen molar-refractivity contribution in [3.8, 4) is 0 Å². The Morgan fingerprint density at radius 2 is 2.29 bits per heavy atom. The summed E-state index contributed by atoms with van der Waals surface area (Å²) in [7, 11) is 0. The highest BCUT2D eigenvalue weighted by Crippen LogP contribution is 2.20. The minimum Gasteiger partial charge on any atom is -0.384 e. The number of amidine groups is 1. The molecule has 0 saturated carbocycles. The van der Waals surface area contributed by atoms with E-state index in [1.54, 1.807) is 18.2 Å². The summed E-state index contributed by atoms with van der Waals surface area (Å²) in [5.74, 6) is 0.0558. The van der Waals surface area contributed by atoms with E-state index < -0.39 is 0 Å². The molecule has 0 fully saturated rings. The summed E-state index contributed by atoms with van der Waals surface area (Å²) in [5, 5.41) is 11.2. The molecule has 0 aliphatic carbocycles. The third kappa shape index (κ3) is 2.64. The maximum absolute atomic E-state index is 7.38. The Labute approximate surface area is 88.8 Å². The maximum Gasteiger partial charge on any atom is 0.124 e. The smallest absolute Gasteiger partial charge is 0.124 e. The monoisotopic (exact) mass is 211 g/mol. The molecule has 76 valence electrons. The zero-order valence-corrected chi connectivity index (χ0v) is 8.86. The lowest BCUT2D eigenvalue weighted by molar-refractivity contribution is 0.979. The summed E-state index contributed by atoms with van der Waals surface area (Å²) in [6.07, 6.45) is 1.02. The number of rotatable bonds is 4. The van der Waals surface area contributed by atoms with Gasteiger partial charge in [-0.1, -0.05) is 18.5 Å². The number of benzene rings is 1. The van der Waals surface area contributed by atoms with Crippen LogP contribution in [0.4, 0.5) is 5.69 Å². The van der Waals surface area contributed by atoms with Gasteiger partial charge < -0.3 is 11.1 Å². The highest BCUT2D eigenvalue weighted by Gasteiger charge is 2.04. The first-order valence-electron chi connectivity index (χ1n) is 4.53. The summed E-state index contributed by atoms with van der Waals surface area (Å²) in [5.41, 5.74) is 6.96. The molecule has 1 aromatic rings. The van der Waals surface area contributed by atoms with E-state index in [9.17, 15) is 0 Å². The molecular formula is C10H14ClN3. The van der Waals surface area contributed by atoms with Gasteiger partial charge in [0.25, 0.3) is 0 Å². The average Bonchev–Trinajstić information content (AvgIpc) is 2.14. The van der Waals surface area contributed by atoms with Crippen LogP contribution >= 0.6 is 11.6 Å². The lowest BCUT2D eigenvalue weighted by Crippen LogP contribution is -2.14. The first-order chi connectivity index (χ1) is 6.65. The first kappa shape index (κ1) is 10.9. The summed E-state index contributed by atoms with van der Waals surface area (Å²) >= 11 is 5.85. The van der Waals surface area contributed by atoms with Crippen molar-refractivity contribution in [3.63, 3.8) is 0 Å². The lowest BCUT2D eigenvalue weighted by Gasteiger charge is -2.10. The van der Waals surface area contributed by atoms with Crippen molar-refractivity contribution in [2.75, 3.05) is 11.9 Å². The van der Waals surface area contributed by atoms with Crippen LogP contribution in [0.15, 0.2) is 18.2 Å². The fourth-order valence-electron chi connectivity index (χ4n) is 1.16. The Morgan fingerprint density at radius 3 is 2.86 bits per heavy atom. The zero-order chi connectivity index (χ0) is 10.6. The molecule has 0 aliphatic heterocycles. The van der Waals surface area contributed by atoms with Crippen LogP contribution in [0.5, 0.6) is 0 Å². The minimum atomic E-state index is 0.0558. The maximum atomic E-state index is 7.38. The molecule has 0 radical (unpaired) electrons. The highest BCUT2D eigenvalue weighted by molar-refractivity contribution is 6.31. The van der Waals surface area contributed by atoms with Gasteiger partial charge in [0.05, 0.1) is 0 Å². The molecule has 4 heteroatoms. The lowest BCUT2D eigenvalue weighted by atomic mass is 10.1. The number of hydrogen-bond acceptors (Lipinski definition) is 2. The van der Waals surface area contributed by atoms with Crippen molar-refractivity contribution < 1.29 is 0 Å². The van der Waals surface area contributed by atoms with E-state index in [2.05, 4.69) is 12.2 Å². The molecule has 14 heavy (non-hydrogen) atoms. The van der Waals surface area contributed by atoms with Crippen LogP contribution in [0.3, 0.4) is 0 Å². The molecule has 0 aromatic heterocycles. The van der Waals surface area contributed by atoms with E-state index in [-0.39, 0.29) is 5.84 Å². The van der Waals surface area contributed by atoms with Crippen LogP contribution in [0.1, 0.15) is 18.9 Å². The Bertz CT molecular complexity index is 336. The van der Waals surface area contributed by atoms with E-state index in [4.69, 9.17) is 22.7 Å². The van der Waals surface area contributed by atoms with Crippen molar-refractivity contribution in [2.45, 2.75) is 13.3 Å². The van der Waals surface area contributed by atoms with Crippen LogP contribution in [-0.4, -0.2) is 12.4 Å². The molecule has 0 spiro atoms. The predicted octanol–water partition coefficient (Wildman–Crippen LogP) is 2.45. The SMILES string of the molecule is CCCNc1cc(Cl)ccc1C(=N)N. The Hall–Kier alpha value is -1.22. The second kappa shape index (κ2) is 4.86. The highest BCUT2D eigenvalue weighted by atomic mass is 35.5. The number of nitrogens with two attached hydrogens (primary N) is 1. The van der Waals surface area contributed by atoms with Crippen LogP contribution in [0, 0.1) is 5.41 Å². The van der Waals surface area contributed by atoms with Crippen molar-refractivity contribution in [1.29, 1.82) is 5.41 Å². The van der Waals surface area contributed by atoms with E-state index in [0.29, 0.717) is 10.6 Å². The second-order valence-corrected chi connectivity index (χ2v) is 3.47. The van der Waals surface area contributed by atoms with E-state index in [1.165, 1.54) is 0 Å². The van der Waals surface area contributed by atoms with Crippen LogP contribution < -0.4 is 11.1 Å². The van der Waals surface area contributed by atoms with E-state index in [0.717, 1.165) is 18.7 Å². The molecule has 0 aliphatic rings. The Balaban J connectivity index is 2.97. The van der Waals surface area contributed by atoms with Gasteiger partial charge in [-0.05, 0) is 24.6 Å². The Kier molecular flexibility index (Phi) is 3.77. The number of nitrogens with one attached hydrogen (secondary N) is 2. The van der Waals surface area contributed by atoms with Crippen molar-refractivity contribution in [3.05, 3.63) is 28.8 Å². The molecule has 0 saturated heterocycles. The van der Waals surface area contributed by atoms with Gasteiger partial charge in [0.1, 0.15) is 5.84 Å². The predicted molar refractivity (Wildman–Crippen MR) is 61.2 cm³/mol. The van der Waals surface area contributed by atoms with Gasteiger partial charge in [-0.15, -0.1) is 0 Å². The summed E-state index contributed by atoms with van der Waals surface area (Å²) in [4.78, 5) is 0. The molecule has 4 N–H and O–H groups in total. The van der Waals surface area contributed by atoms with Crippen LogP contribution in [0.2, 0.25) is 5.02 Å². The quantitative estimate of drug-likeness (QED) is 0.529. The summed E-state index contributed by atoms with van der Waals surface area (Å²) in [6.45, 7) is 2.92. The first-order valence-corrected chi connectivity index (χ1v) is 4.90. The van der Waals surface area contributed by atoms with Crippen molar-refractivity contribution in [1.82, 2.24) is 0 Å². The van der Waals surface area contributed by atoms with E-state index in [1.807, 2.05) is 0 Å². The fraction of sp³-hybridized carbons (Fsp3) is 0.300. The van der Waals surface area contributed by atoms with Crippen molar-refractivity contribution >= 4 is 23.1 Å². The number of anilines is 1. The molecule has 0 bridgehead atoms. The normalized spacial score (nSPS) is 9.86. The zero-order valence-electron chi connectivity index (χ0n) is 8.10. The van der Waals surface area contributed by atoms with Gasteiger partial charge in [-0.25, -0.2) is 0 Å². The molecular weight excluding hydrogens is 198 g/mol.